The van der Waals surface area contributed by atoms with Crippen LogP contribution in [0.1, 0.15) is 0 Å². The summed E-state index contributed by atoms with van der Waals surface area (Å²) in [5.74, 6) is 4.98. The molecule has 0 aliphatic rings. The molecule has 0 bridgehead atoms. The van der Waals surface area contributed by atoms with Gasteiger partial charge in [0.15, 0.2) is 9.04 Å². The normalized spacial score (nSPS) is 11.9. The van der Waals surface area contributed by atoms with Crippen molar-refractivity contribution in [2.45, 2.75) is 39.3 Å². The lowest BCUT2D eigenvalue weighted by Gasteiger charge is -2.31. The maximum absolute atomic E-state index is 6.06. The summed E-state index contributed by atoms with van der Waals surface area (Å²) >= 11 is 0. The van der Waals surface area contributed by atoms with Gasteiger partial charge in [-0.2, -0.15) is 0 Å². The Labute approximate surface area is 97.5 Å². The van der Waals surface area contributed by atoms with Gasteiger partial charge in [-0.15, -0.1) is 6.42 Å². The van der Waals surface area contributed by atoms with Crippen molar-refractivity contribution in [3.63, 3.8) is 0 Å². The van der Waals surface area contributed by atoms with Gasteiger partial charge in [-0.05, 0) is 51.1 Å². The molecule has 0 aromatic rings. The lowest BCUT2D eigenvalue weighted by atomic mass is 10.7. The zero-order valence-electron chi connectivity index (χ0n) is 10.5. The molecule has 15 heavy (non-hydrogen) atoms. The molecule has 0 atom stereocenters. The zero-order valence-corrected chi connectivity index (χ0v) is 13.6. The van der Waals surface area contributed by atoms with Gasteiger partial charge in [0.05, 0.1) is 0 Å². The van der Waals surface area contributed by atoms with Crippen LogP contribution in [-0.2, 0) is 8.23 Å². The molecule has 0 aliphatic heterocycles. The Hall–Kier alpha value is -0.309. The molecule has 0 N–H and O–H groups in total. The summed E-state index contributed by atoms with van der Waals surface area (Å²) in [4.78, 5) is 0. The highest BCUT2D eigenvalue weighted by molar-refractivity contribution is 6.88. The SMILES string of the molecule is C#CC#C[Si](C)(C)O[Si](C)(C)O[SiH](C)C. The van der Waals surface area contributed by atoms with Crippen LogP contribution in [0.3, 0.4) is 0 Å². The molecule has 0 fully saturated rings. The zero-order chi connectivity index (χ0) is 12.1. The van der Waals surface area contributed by atoms with Crippen LogP contribution in [0.5, 0.6) is 0 Å². The second kappa shape index (κ2) is 5.69. The number of hydrogen-bond acceptors (Lipinski definition) is 2. The summed E-state index contributed by atoms with van der Waals surface area (Å²) in [7, 11) is -5.01. The van der Waals surface area contributed by atoms with E-state index >= 15 is 0 Å². The fraction of sp³-hybridized carbons (Fsp3) is 0.600. The summed E-state index contributed by atoms with van der Waals surface area (Å²) < 4.78 is 12.0. The van der Waals surface area contributed by atoms with Crippen LogP contribution in [-0.4, -0.2) is 25.9 Å². The molecule has 0 aromatic heterocycles. The molecule has 5 heteroatoms. The molecule has 0 saturated carbocycles. The minimum absolute atomic E-state index is 1.04. The molecular formula is C10H20O2Si3. The van der Waals surface area contributed by atoms with Crippen LogP contribution in [0.25, 0.3) is 0 Å². The Bertz CT molecular complexity index is 305. The third-order valence-electron chi connectivity index (χ3n) is 1.46. The lowest BCUT2D eigenvalue weighted by Crippen LogP contribution is -2.48. The largest absolute Gasteiger partial charge is 0.440 e. The molecule has 84 valence electrons. The monoisotopic (exact) mass is 256 g/mol. The highest BCUT2D eigenvalue weighted by Gasteiger charge is 2.34. The van der Waals surface area contributed by atoms with E-state index in [0.29, 0.717) is 0 Å². The van der Waals surface area contributed by atoms with Gasteiger partial charge in [0, 0.05) is 0 Å². The first kappa shape index (κ1) is 14.7. The second-order valence-electron chi connectivity index (χ2n) is 4.57. The van der Waals surface area contributed by atoms with Crippen molar-refractivity contribution in [3.05, 3.63) is 0 Å². The van der Waals surface area contributed by atoms with Crippen LogP contribution >= 0.6 is 0 Å². The molecule has 0 rings (SSSR count). The van der Waals surface area contributed by atoms with Gasteiger partial charge in [-0.25, -0.2) is 0 Å². The smallest absolute Gasteiger partial charge is 0.311 e. The molecule has 2 nitrogen and oxygen atoms in total. The first-order chi connectivity index (χ1) is 6.68. The summed E-state index contributed by atoms with van der Waals surface area (Å²) in [5.41, 5.74) is 3.04. The molecule has 0 saturated heterocycles. The topological polar surface area (TPSA) is 18.5 Å². The van der Waals surface area contributed by atoms with Crippen LogP contribution < -0.4 is 0 Å². The van der Waals surface area contributed by atoms with Crippen LogP contribution in [0.15, 0.2) is 0 Å². The second-order valence-corrected chi connectivity index (χ2v) is 14.5. The number of terminal acetylenes is 1. The van der Waals surface area contributed by atoms with E-state index in [1.807, 2.05) is 0 Å². The third kappa shape index (κ3) is 7.60. The van der Waals surface area contributed by atoms with E-state index in [-0.39, 0.29) is 0 Å². The average Bonchev–Trinajstić information content (AvgIpc) is 1.95. The average molecular weight is 257 g/mol. The fourth-order valence-electron chi connectivity index (χ4n) is 1.42. The quantitative estimate of drug-likeness (QED) is 0.566. The van der Waals surface area contributed by atoms with Crippen LogP contribution in [0.2, 0.25) is 39.3 Å². The minimum Gasteiger partial charge on any atom is -0.440 e. The van der Waals surface area contributed by atoms with Crippen molar-refractivity contribution in [2.75, 3.05) is 0 Å². The van der Waals surface area contributed by atoms with Gasteiger partial charge in [-0.3, -0.25) is 0 Å². The third-order valence-corrected chi connectivity index (χ3v) is 10.3. The van der Waals surface area contributed by atoms with E-state index < -0.39 is 25.9 Å². The Morgan fingerprint density at radius 3 is 2.07 bits per heavy atom. The standard InChI is InChI=1S/C10H20O2Si3/c1-8-9-10-14(4,5)12-15(6,7)11-13(2)3/h1,13H,2-7H3. The lowest BCUT2D eigenvalue weighted by molar-refractivity contribution is 0.408. The van der Waals surface area contributed by atoms with E-state index in [1.54, 1.807) is 0 Å². The van der Waals surface area contributed by atoms with Gasteiger partial charge in [-0.1, -0.05) is 5.54 Å². The molecule has 0 unspecified atom stereocenters. The van der Waals surface area contributed by atoms with Crippen molar-refractivity contribution in [2.24, 2.45) is 0 Å². The van der Waals surface area contributed by atoms with E-state index in [1.165, 1.54) is 0 Å². The molecule has 0 heterocycles. The van der Waals surface area contributed by atoms with Gasteiger partial charge >= 0.3 is 8.56 Å². The molecule has 0 spiro atoms. The maximum Gasteiger partial charge on any atom is 0.311 e. The summed E-state index contributed by atoms with van der Waals surface area (Å²) in [6.45, 7) is 12.6. The molecular weight excluding hydrogens is 236 g/mol. The predicted octanol–water partition coefficient (Wildman–Crippen LogP) is 2.09. The summed E-state index contributed by atoms with van der Waals surface area (Å²) in [6, 6.07) is 0. The van der Waals surface area contributed by atoms with Crippen molar-refractivity contribution in [3.8, 4) is 23.8 Å². The van der Waals surface area contributed by atoms with E-state index in [0.717, 1.165) is 0 Å². The van der Waals surface area contributed by atoms with Crippen molar-refractivity contribution < 1.29 is 8.23 Å². The van der Waals surface area contributed by atoms with Gasteiger partial charge in [0.2, 0.25) is 0 Å². The van der Waals surface area contributed by atoms with Gasteiger partial charge < -0.3 is 8.23 Å². The summed E-state index contributed by atoms with van der Waals surface area (Å²) in [6.07, 6.45) is 5.11. The minimum atomic E-state index is -2.00. The van der Waals surface area contributed by atoms with E-state index in [9.17, 15) is 0 Å². The van der Waals surface area contributed by atoms with Gasteiger partial charge in [0.1, 0.15) is 0 Å². The van der Waals surface area contributed by atoms with E-state index in [2.05, 4.69) is 56.7 Å². The fourth-order valence-corrected chi connectivity index (χ4v) is 12.1. The molecule has 0 radical (unpaired) electrons. The van der Waals surface area contributed by atoms with Crippen molar-refractivity contribution in [1.29, 1.82) is 0 Å². The van der Waals surface area contributed by atoms with Gasteiger partial charge in [0.25, 0.3) is 8.32 Å². The highest BCUT2D eigenvalue weighted by atomic mass is 28.5. The number of rotatable bonds is 4. The summed E-state index contributed by atoms with van der Waals surface area (Å²) in [5, 5.41) is 0. The van der Waals surface area contributed by atoms with Crippen LogP contribution in [0.4, 0.5) is 0 Å². The molecule has 0 aliphatic carbocycles. The number of hydrogen-bond donors (Lipinski definition) is 0. The Morgan fingerprint density at radius 2 is 1.67 bits per heavy atom. The van der Waals surface area contributed by atoms with Crippen molar-refractivity contribution >= 4 is 25.9 Å². The van der Waals surface area contributed by atoms with Crippen molar-refractivity contribution in [1.82, 2.24) is 0 Å². The predicted molar refractivity (Wildman–Crippen MR) is 72.6 cm³/mol. The Balaban J connectivity index is 4.51. The first-order valence-corrected chi connectivity index (χ1v) is 13.5. The Kier molecular flexibility index (Phi) is 5.57. The Morgan fingerprint density at radius 1 is 1.13 bits per heavy atom. The van der Waals surface area contributed by atoms with Crippen LogP contribution in [0, 0.1) is 23.8 Å². The molecule has 0 aromatic carbocycles. The van der Waals surface area contributed by atoms with E-state index in [4.69, 9.17) is 14.7 Å². The first-order valence-electron chi connectivity index (χ1n) is 5.04. The molecule has 0 amide bonds. The maximum atomic E-state index is 6.06. The highest BCUT2D eigenvalue weighted by Crippen LogP contribution is 2.15.